The van der Waals surface area contributed by atoms with E-state index in [1.807, 2.05) is 24.1 Å². The smallest absolute Gasteiger partial charge is 0.259 e. The number of hydrogen-bond donors (Lipinski definition) is 1. The molecule has 1 aliphatic rings. The Kier molecular flexibility index (Phi) is 2.94. The molecular weight excluding hydrogens is 242 g/mol. The van der Waals surface area contributed by atoms with Gasteiger partial charge in [-0.25, -0.2) is 9.50 Å². The first-order chi connectivity index (χ1) is 9.16. The van der Waals surface area contributed by atoms with Crippen LogP contribution in [0.25, 0.3) is 5.65 Å². The predicted octanol–water partition coefficient (Wildman–Crippen LogP) is 0.472. The first kappa shape index (κ1) is 12.1. The molecule has 1 aliphatic heterocycles. The van der Waals surface area contributed by atoms with Crippen molar-refractivity contribution in [2.75, 3.05) is 19.6 Å². The topological polar surface area (TPSA) is 62.5 Å². The van der Waals surface area contributed by atoms with Gasteiger partial charge in [-0.2, -0.15) is 5.10 Å². The average Bonchev–Trinajstić information content (AvgIpc) is 2.81. The lowest BCUT2D eigenvalue weighted by Gasteiger charge is -2.33. The van der Waals surface area contributed by atoms with Gasteiger partial charge < -0.3 is 10.2 Å². The molecule has 0 aromatic carbocycles. The summed E-state index contributed by atoms with van der Waals surface area (Å²) in [6.07, 6.45) is 3.44. The van der Waals surface area contributed by atoms with Gasteiger partial charge in [0.15, 0.2) is 5.65 Å². The summed E-state index contributed by atoms with van der Waals surface area (Å²) in [4.78, 5) is 18.9. The quantitative estimate of drug-likeness (QED) is 0.808. The zero-order valence-corrected chi connectivity index (χ0v) is 11.1. The van der Waals surface area contributed by atoms with Crippen molar-refractivity contribution in [2.24, 2.45) is 0 Å². The van der Waals surface area contributed by atoms with Crippen molar-refractivity contribution in [1.29, 1.82) is 0 Å². The van der Waals surface area contributed by atoms with Crippen LogP contribution in [0.2, 0.25) is 0 Å². The molecule has 6 nitrogen and oxygen atoms in total. The van der Waals surface area contributed by atoms with Gasteiger partial charge in [-0.05, 0) is 19.9 Å². The number of amides is 1. The first-order valence-corrected chi connectivity index (χ1v) is 6.49. The van der Waals surface area contributed by atoms with Gasteiger partial charge in [0.1, 0.15) is 5.56 Å². The number of carbonyl (C=O) groups excluding carboxylic acids is 1. The number of piperazine rings is 1. The van der Waals surface area contributed by atoms with Gasteiger partial charge in [0.2, 0.25) is 0 Å². The molecule has 6 heteroatoms. The van der Waals surface area contributed by atoms with Gasteiger partial charge in [0.05, 0.1) is 6.20 Å². The highest BCUT2D eigenvalue weighted by molar-refractivity contribution is 5.99. The Morgan fingerprint density at radius 1 is 1.53 bits per heavy atom. The van der Waals surface area contributed by atoms with E-state index < -0.39 is 0 Å². The van der Waals surface area contributed by atoms with E-state index in [4.69, 9.17) is 0 Å². The standard InChI is InChI=1S/C13H17N5O/c1-9-3-5-18-12(16-9)11(8-15-18)13(19)17-6-4-14-7-10(17)2/h3,5,8,10,14H,4,6-7H2,1-2H3. The molecule has 0 aliphatic carbocycles. The molecule has 2 aromatic heterocycles. The van der Waals surface area contributed by atoms with E-state index in [0.29, 0.717) is 11.2 Å². The molecule has 0 saturated carbocycles. The summed E-state index contributed by atoms with van der Waals surface area (Å²) in [6.45, 7) is 6.35. The van der Waals surface area contributed by atoms with Gasteiger partial charge in [-0.15, -0.1) is 0 Å². The lowest BCUT2D eigenvalue weighted by atomic mass is 10.2. The largest absolute Gasteiger partial charge is 0.333 e. The Balaban J connectivity index is 1.99. The second-order valence-electron chi connectivity index (χ2n) is 4.95. The molecular formula is C13H17N5O. The van der Waals surface area contributed by atoms with Crippen LogP contribution in [0.4, 0.5) is 0 Å². The number of hydrogen-bond acceptors (Lipinski definition) is 4. The van der Waals surface area contributed by atoms with Crippen LogP contribution < -0.4 is 5.32 Å². The maximum atomic E-state index is 12.6. The Morgan fingerprint density at radius 3 is 3.16 bits per heavy atom. The SMILES string of the molecule is Cc1ccn2ncc(C(=O)N3CCNCC3C)c2n1. The molecule has 19 heavy (non-hydrogen) atoms. The molecule has 0 radical (unpaired) electrons. The Bertz CT molecular complexity index is 621. The van der Waals surface area contributed by atoms with E-state index in [1.165, 1.54) is 0 Å². The van der Waals surface area contributed by atoms with Crippen LogP contribution in [0.15, 0.2) is 18.5 Å². The predicted molar refractivity (Wildman–Crippen MR) is 71.1 cm³/mol. The van der Waals surface area contributed by atoms with Crippen LogP contribution in [-0.4, -0.2) is 51.1 Å². The maximum Gasteiger partial charge on any atom is 0.259 e. The molecule has 1 N–H and O–H groups in total. The number of rotatable bonds is 1. The number of fused-ring (bicyclic) bond motifs is 1. The van der Waals surface area contributed by atoms with Crippen molar-refractivity contribution in [3.8, 4) is 0 Å². The van der Waals surface area contributed by atoms with Crippen molar-refractivity contribution in [3.05, 3.63) is 29.7 Å². The lowest BCUT2D eigenvalue weighted by Crippen LogP contribution is -2.52. The van der Waals surface area contributed by atoms with Crippen LogP contribution in [-0.2, 0) is 0 Å². The third kappa shape index (κ3) is 2.08. The first-order valence-electron chi connectivity index (χ1n) is 6.49. The summed E-state index contributed by atoms with van der Waals surface area (Å²) < 4.78 is 1.65. The fourth-order valence-corrected chi connectivity index (χ4v) is 2.41. The molecule has 100 valence electrons. The number of nitrogens with one attached hydrogen (secondary N) is 1. The van der Waals surface area contributed by atoms with Crippen LogP contribution in [0.1, 0.15) is 23.0 Å². The van der Waals surface area contributed by atoms with Crippen LogP contribution in [0, 0.1) is 6.92 Å². The van der Waals surface area contributed by atoms with Gasteiger partial charge in [0.25, 0.3) is 5.91 Å². The third-order valence-corrected chi connectivity index (χ3v) is 3.50. The minimum absolute atomic E-state index is 0.0158. The molecule has 1 atom stereocenters. The number of aromatic nitrogens is 3. The average molecular weight is 259 g/mol. The van der Waals surface area contributed by atoms with E-state index in [9.17, 15) is 4.79 Å². The molecule has 3 rings (SSSR count). The number of nitrogens with zero attached hydrogens (tertiary/aromatic N) is 4. The Hall–Kier alpha value is -1.95. The van der Waals surface area contributed by atoms with E-state index in [-0.39, 0.29) is 11.9 Å². The fraction of sp³-hybridized carbons (Fsp3) is 0.462. The normalized spacial score (nSPS) is 19.9. The fourth-order valence-electron chi connectivity index (χ4n) is 2.41. The second-order valence-corrected chi connectivity index (χ2v) is 4.95. The number of carbonyl (C=O) groups is 1. The van der Waals surface area contributed by atoms with Crippen molar-refractivity contribution in [1.82, 2.24) is 24.8 Å². The van der Waals surface area contributed by atoms with E-state index in [2.05, 4.69) is 22.3 Å². The molecule has 0 bridgehead atoms. The van der Waals surface area contributed by atoms with Gasteiger partial charge in [0, 0.05) is 37.6 Å². The minimum Gasteiger partial charge on any atom is -0.333 e. The molecule has 3 heterocycles. The Labute approximate surface area is 111 Å². The summed E-state index contributed by atoms with van der Waals surface area (Å²) in [5.74, 6) is 0.0158. The van der Waals surface area contributed by atoms with E-state index >= 15 is 0 Å². The summed E-state index contributed by atoms with van der Waals surface area (Å²) in [5.41, 5.74) is 2.10. The molecule has 1 fully saturated rings. The van der Waals surface area contributed by atoms with Gasteiger partial charge >= 0.3 is 0 Å². The van der Waals surface area contributed by atoms with Crippen LogP contribution in [0.3, 0.4) is 0 Å². The summed E-state index contributed by atoms with van der Waals surface area (Å²) in [6, 6.07) is 2.07. The zero-order chi connectivity index (χ0) is 13.4. The van der Waals surface area contributed by atoms with E-state index in [0.717, 1.165) is 25.3 Å². The summed E-state index contributed by atoms with van der Waals surface area (Å²) >= 11 is 0. The van der Waals surface area contributed by atoms with Crippen molar-refractivity contribution in [3.63, 3.8) is 0 Å². The zero-order valence-electron chi connectivity index (χ0n) is 11.1. The van der Waals surface area contributed by atoms with E-state index in [1.54, 1.807) is 10.7 Å². The van der Waals surface area contributed by atoms with Crippen molar-refractivity contribution in [2.45, 2.75) is 19.9 Å². The van der Waals surface area contributed by atoms with Gasteiger partial charge in [-0.1, -0.05) is 0 Å². The Morgan fingerprint density at radius 2 is 2.37 bits per heavy atom. The van der Waals surface area contributed by atoms with Gasteiger partial charge in [-0.3, -0.25) is 4.79 Å². The highest BCUT2D eigenvalue weighted by Crippen LogP contribution is 2.14. The lowest BCUT2D eigenvalue weighted by molar-refractivity contribution is 0.0657. The maximum absolute atomic E-state index is 12.6. The molecule has 2 aromatic rings. The molecule has 0 spiro atoms. The highest BCUT2D eigenvalue weighted by atomic mass is 16.2. The van der Waals surface area contributed by atoms with Crippen LogP contribution in [0.5, 0.6) is 0 Å². The summed E-state index contributed by atoms with van der Waals surface area (Å²) in [7, 11) is 0. The molecule has 1 saturated heterocycles. The van der Waals surface area contributed by atoms with Crippen molar-refractivity contribution >= 4 is 11.6 Å². The summed E-state index contributed by atoms with van der Waals surface area (Å²) in [5, 5.41) is 7.47. The second kappa shape index (κ2) is 4.62. The van der Waals surface area contributed by atoms with Crippen molar-refractivity contribution < 1.29 is 4.79 Å². The van der Waals surface area contributed by atoms with Crippen LogP contribution >= 0.6 is 0 Å². The third-order valence-electron chi connectivity index (χ3n) is 3.50. The monoisotopic (exact) mass is 259 g/mol. The molecule has 1 amide bonds. The molecule has 1 unspecified atom stereocenters. The number of aryl methyl sites for hydroxylation is 1. The highest BCUT2D eigenvalue weighted by Gasteiger charge is 2.26. The minimum atomic E-state index is 0.0158.